The smallest absolute Gasteiger partial charge is 0.225 e. The molecule has 0 saturated carbocycles. The fourth-order valence-electron chi connectivity index (χ4n) is 6.31. The standard InChI is InChI=1S/C35H39FN6O3S/c1-4-24-17-26-9-6-7-11-32(26)46(44,45)41(21-24)22-27-18-25(13-12-23(27)3)30(19-33(43)38-28-10-8-16-37-20-28)29-14-15-31-35(34(29)36)39-40-42(31)5-2/h6-16,18,20,24,30,44-45H,4-5,17,19,21-22H2,1-3H3,(H,38,43). The first kappa shape index (κ1) is 31.8. The molecule has 0 radical (unpaired) electrons. The minimum absolute atomic E-state index is 0.0358. The number of halogens is 1. The van der Waals surface area contributed by atoms with Crippen LogP contribution in [0.15, 0.2) is 84.0 Å². The molecule has 2 aromatic heterocycles. The van der Waals surface area contributed by atoms with Crippen LogP contribution in [0.1, 0.15) is 60.4 Å². The summed E-state index contributed by atoms with van der Waals surface area (Å²) in [6.07, 6.45) is 4.83. The van der Waals surface area contributed by atoms with E-state index in [1.54, 1.807) is 45.6 Å². The van der Waals surface area contributed by atoms with Crippen molar-refractivity contribution in [2.45, 2.75) is 63.9 Å². The number of pyridine rings is 1. The summed E-state index contributed by atoms with van der Waals surface area (Å²) in [6, 6.07) is 20.4. The number of nitrogens with zero attached hydrogens (tertiary/aromatic N) is 5. The van der Waals surface area contributed by atoms with E-state index in [9.17, 15) is 13.9 Å². The van der Waals surface area contributed by atoms with Gasteiger partial charge in [-0.2, -0.15) is 4.31 Å². The lowest BCUT2D eigenvalue weighted by molar-refractivity contribution is -0.116. The Morgan fingerprint density at radius 1 is 1.11 bits per heavy atom. The van der Waals surface area contributed by atoms with Gasteiger partial charge in [0.25, 0.3) is 0 Å². The number of anilines is 1. The van der Waals surface area contributed by atoms with Crippen molar-refractivity contribution in [2.24, 2.45) is 5.92 Å². The monoisotopic (exact) mass is 642 g/mol. The van der Waals surface area contributed by atoms with E-state index in [1.165, 1.54) is 0 Å². The Labute approximate surface area is 270 Å². The van der Waals surface area contributed by atoms with E-state index in [2.05, 4.69) is 27.5 Å². The molecule has 0 bridgehead atoms. The highest BCUT2D eigenvalue weighted by molar-refractivity contribution is 8.22. The molecule has 3 heterocycles. The molecule has 2 atom stereocenters. The van der Waals surface area contributed by atoms with E-state index < -0.39 is 22.5 Å². The zero-order valence-electron chi connectivity index (χ0n) is 26.2. The normalized spacial score (nSPS) is 17.7. The molecule has 1 aliphatic rings. The van der Waals surface area contributed by atoms with Gasteiger partial charge in [-0.25, -0.2) is 9.07 Å². The number of hydrogen-bond donors (Lipinski definition) is 3. The molecule has 0 spiro atoms. The SMILES string of the molecule is CCC1Cc2ccccc2S(O)(O)N(Cc2cc(C(CC(=O)Nc3cccnc3)c3ccc4c(nnn4CC)c3F)ccc2C)C1. The summed E-state index contributed by atoms with van der Waals surface area (Å²) in [5, 5.41) is 11.1. The average Bonchev–Trinajstić information content (AvgIpc) is 3.45. The number of hydrogen-bond acceptors (Lipinski definition) is 7. The van der Waals surface area contributed by atoms with E-state index in [1.807, 2.05) is 56.3 Å². The molecule has 0 fully saturated rings. The highest BCUT2D eigenvalue weighted by Crippen LogP contribution is 2.56. The van der Waals surface area contributed by atoms with Gasteiger partial charge >= 0.3 is 0 Å². The molecule has 46 heavy (non-hydrogen) atoms. The number of aryl methyl sites for hydroxylation is 2. The summed E-state index contributed by atoms with van der Waals surface area (Å²) in [7, 11) is -3.26. The molecule has 9 nitrogen and oxygen atoms in total. The second kappa shape index (κ2) is 13.3. The largest absolute Gasteiger partial charge is 0.325 e. The highest BCUT2D eigenvalue weighted by atomic mass is 32.3. The summed E-state index contributed by atoms with van der Waals surface area (Å²) in [5.74, 6) is -1.20. The molecule has 3 aromatic carbocycles. The van der Waals surface area contributed by atoms with Crippen molar-refractivity contribution < 1.29 is 18.3 Å². The van der Waals surface area contributed by atoms with Crippen molar-refractivity contribution >= 4 is 33.4 Å². The summed E-state index contributed by atoms with van der Waals surface area (Å²) < 4.78 is 43.0. The lowest BCUT2D eigenvalue weighted by Crippen LogP contribution is -2.31. The first-order valence-corrected chi connectivity index (χ1v) is 17.1. The van der Waals surface area contributed by atoms with Gasteiger partial charge in [-0.05, 0) is 78.3 Å². The number of rotatable bonds is 9. The molecule has 3 N–H and O–H groups in total. The highest BCUT2D eigenvalue weighted by Gasteiger charge is 2.34. The van der Waals surface area contributed by atoms with Crippen LogP contribution in [0.5, 0.6) is 0 Å². The zero-order valence-corrected chi connectivity index (χ0v) is 27.0. The Morgan fingerprint density at radius 2 is 1.93 bits per heavy atom. The van der Waals surface area contributed by atoms with E-state index in [0.29, 0.717) is 34.8 Å². The Kier molecular flexibility index (Phi) is 9.19. The minimum Gasteiger partial charge on any atom is -0.325 e. The molecule has 6 rings (SSSR count). The number of nitrogens with one attached hydrogen (secondary N) is 1. The third-order valence-electron chi connectivity index (χ3n) is 8.96. The number of carbonyl (C=O) groups excluding carboxylic acids is 1. The maximum absolute atomic E-state index is 16.2. The van der Waals surface area contributed by atoms with Crippen molar-refractivity contribution in [3.05, 3.63) is 113 Å². The molecule has 0 saturated heterocycles. The summed E-state index contributed by atoms with van der Waals surface area (Å²) in [4.78, 5) is 18.1. The van der Waals surface area contributed by atoms with Gasteiger partial charge in [0.2, 0.25) is 5.91 Å². The topological polar surface area (TPSA) is 116 Å². The van der Waals surface area contributed by atoms with Gasteiger partial charge in [0, 0.05) is 38.2 Å². The minimum atomic E-state index is -3.26. The fourth-order valence-corrected chi connectivity index (χ4v) is 8.09. The maximum Gasteiger partial charge on any atom is 0.225 e. The fraction of sp³-hybridized carbons (Fsp3) is 0.314. The molecule has 11 heteroatoms. The first-order valence-electron chi connectivity index (χ1n) is 15.6. The van der Waals surface area contributed by atoms with Crippen LogP contribution < -0.4 is 5.32 Å². The molecule has 0 aliphatic carbocycles. The van der Waals surface area contributed by atoms with E-state index in [4.69, 9.17) is 0 Å². The van der Waals surface area contributed by atoms with Crippen molar-refractivity contribution in [1.82, 2.24) is 24.3 Å². The van der Waals surface area contributed by atoms with Gasteiger partial charge < -0.3 is 5.32 Å². The van der Waals surface area contributed by atoms with Gasteiger partial charge in [-0.1, -0.05) is 61.0 Å². The summed E-state index contributed by atoms with van der Waals surface area (Å²) >= 11 is 0. The van der Waals surface area contributed by atoms with Crippen LogP contribution in [0.25, 0.3) is 11.0 Å². The zero-order chi connectivity index (χ0) is 32.4. The Bertz CT molecular complexity index is 1860. The van der Waals surface area contributed by atoms with Crippen LogP contribution in [-0.2, 0) is 24.3 Å². The van der Waals surface area contributed by atoms with Crippen molar-refractivity contribution in [3.63, 3.8) is 0 Å². The number of benzene rings is 3. The molecular formula is C35H39FN6O3S. The Hall–Kier alpha value is -4.16. The lowest BCUT2D eigenvalue weighted by Gasteiger charge is -2.43. The molecule has 1 aliphatic heterocycles. The van der Waals surface area contributed by atoms with Gasteiger partial charge in [-0.3, -0.25) is 18.9 Å². The van der Waals surface area contributed by atoms with Crippen molar-refractivity contribution in [3.8, 4) is 0 Å². The Morgan fingerprint density at radius 3 is 2.70 bits per heavy atom. The third kappa shape index (κ3) is 6.28. The number of fused-ring (bicyclic) bond motifs is 2. The predicted molar refractivity (Wildman–Crippen MR) is 179 cm³/mol. The van der Waals surface area contributed by atoms with Gasteiger partial charge in [-0.15, -0.1) is 15.9 Å². The van der Waals surface area contributed by atoms with Crippen molar-refractivity contribution in [2.75, 3.05) is 11.9 Å². The van der Waals surface area contributed by atoms with Crippen LogP contribution in [0.3, 0.4) is 0 Å². The second-order valence-electron chi connectivity index (χ2n) is 11.9. The number of aromatic nitrogens is 4. The van der Waals surface area contributed by atoms with E-state index >= 15 is 4.39 Å². The van der Waals surface area contributed by atoms with Gasteiger partial charge in [0.1, 0.15) is 5.52 Å². The number of carbonyl (C=O) groups is 1. The van der Waals surface area contributed by atoms with Gasteiger partial charge in [0.05, 0.1) is 22.3 Å². The quantitative estimate of drug-likeness (QED) is 0.152. The van der Waals surface area contributed by atoms with Crippen molar-refractivity contribution in [1.29, 1.82) is 0 Å². The predicted octanol–water partition coefficient (Wildman–Crippen LogP) is 7.56. The Balaban J connectivity index is 1.39. The summed E-state index contributed by atoms with van der Waals surface area (Å²) in [5.41, 5.74) is 5.18. The summed E-state index contributed by atoms with van der Waals surface area (Å²) in [6.45, 7) is 7.38. The van der Waals surface area contributed by atoms with Gasteiger partial charge in [0.15, 0.2) is 5.82 Å². The van der Waals surface area contributed by atoms with Crippen LogP contribution in [0.4, 0.5) is 10.1 Å². The van der Waals surface area contributed by atoms with Crippen LogP contribution in [-0.4, -0.2) is 45.8 Å². The second-order valence-corrected chi connectivity index (χ2v) is 13.9. The molecule has 5 aromatic rings. The first-order chi connectivity index (χ1) is 22.2. The van der Waals surface area contributed by atoms with Crippen LogP contribution in [0.2, 0.25) is 0 Å². The third-order valence-corrected chi connectivity index (χ3v) is 10.9. The molecular weight excluding hydrogens is 603 g/mol. The average molecular weight is 643 g/mol. The van der Waals surface area contributed by atoms with E-state index in [-0.39, 0.29) is 30.3 Å². The van der Waals surface area contributed by atoms with E-state index in [0.717, 1.165) is 35.1 Å². The maximum atomic E-state index is 16.2. The van der Waals surface area contributed by atoms with Crippen LogP contribution >= 0.6 is 10.8 Å². The molecule has 1 amide bonds. The number of amides is 1. The van der Waals surface area contributed by atoms with Crippen LogP contribution in [0, 0.1) is 18.7 Å². The molecule has 2 unspecified atom stereocenters. The molecule has 240 valence electrons. The lowest BCUT2D eigenvalue weighted by atomic mass is 9.86.